The van der Waals surface area contributed by atoms with Gasteiger partial charge in [0.15, 0.2) is 0 Å². The Balaban J connectivity index is 1.71. The van der Waals surface area contributed by atoms with Crippen molar-refractivity contribution in [3.63, 3.8) is 0 Å². The summed E-state index contributed by atoms with van der Waals surface area (Å²) in [6.45, 7) is 0.750. The van der Waals surface area contributed by atoms with Gasteiger partial charge in [0, 0.05) is 25.0 Å². The molecule has 0 radical (unpaired) electrons. The third-order valence-electron chi connectivity index (χ3n) is 3.97. The van der Waals surface area contributed by atoms with Gasteiger partial charge in [0.25, 0.3) is 0 Å². The van der Waals surface area contributed by atoms with E-state index in [1.807, 2.05) is 0 Å². The number of hydrogen-bond acceptors (Lipinski definition) is 5. The van der Waals surface area contributed by atoms with E-state index in [1.165, 1.54) is 50.6 Å². The maximum atomic E-state index is 12.2. The van der Waals surface area contributed by atoms with Crippen molar-refractivity contribution in [2.45, 2.75) is 32.1 Å². The molecule has 0 aliphatic heterocycles. The number of hydrogen-bond donors (Lipinski definition) is 1. The number of aromatic nitrogens is 2. The summed E-state index contributed by atoms with van der Waals surface area (Å²) in [5.74, 6) is 0.109. The molecular weight excluding hydrogens is 254 g/mol. The average Bonchev–Trinajstić information content (AvgIpc) is 2.50. The molecular formula is C15H17N3O2. The molecule has 5 nitrogen and oxygen atoms in total. The maximum Gasteiger partial charge on any atom is 0.229 e. The van der Waals surface area contributed by atoms with Crippen LogP contribution in [0.3, 0.4) is 0 Å². The molecule has 0 unspecified atom stereocenters. The topological polar surface area (TPSA) is 72.0 Å². The Hall–Kier alpha value is -2.04. The molecule has 0 atom stereocenters. The first-order chi connectivity index (χ1) is 9.75. The zero-order chi connectivity index (χ0) is 13.9. The molecule has 2 aliphatic rings. The average molecular weight is 271 g/mol. The molecule has 1 aromatic heterocycles. The van der Waals surface area contributed by atoms with E-state index in [1.54, 1.807) is 0 Å². The predicted molar refractivity (Wildman–Crippen MR) is 73.4 cm³/mol. The fourth-order valence-corrected chi connectivity index (χ4v) is 2.85. The molecule has 1 saturated carbocycles. The molecule has 2 aliphatic carbocycles. The first-order valence-corrected chi connectivity index (χ1v) is 7.11. The summed E-state index contributed by atoms with van der Waals surface area (Å²) in [5.41, 5.74) is 0.667. The van der Waals surface area contributed by atoms with E-state index in [9.17, 15) is 9.59 Å². The second-order valence-electron chi connectivity index (χ2n) is 5.39. The third kappa shape index (κ3) is 2.48. The summed E-state index contributed by atoms with van der Waals surface area (Å²) in [7, 11) is 0. The summed E-state index contributed by atoms with van der Waals surface area (Å²) < 4.78 is 0. The van der Waals surface area contributed by atoms with Gasteiger partial charge in [-0.15, -0.1) is 0 Å². The van der Waals surface area contributed by atoms with E-state index in [4.69, 9.17) is 0 Å². The van der Waals surface area contributed by atoms with E-state index in [0.29, 0.717) is 11.6 Å². The van der Waals surface area contributed by atoms with Crippen molar-refractivity contribution in [2.75, 3.05) is 6.54 Å². The number of ketones is 2. The number of fused-ring (bicyclic) bond motifs is 1. The lowest BCUT2D eigenvalue weighted by Gasteiger charge is -2.23. The number of carbonyl (C=O) groups excluding carboxylic acids is 2. The van der Waals surface area contributed by atoms with Crippen LogP contribution in [-0.4, -0.2) is 28.1 Å². The number of allylic oxidation sites excluding steroid dienone is 2. The van der Waals surface area contributed by atoms with Gasteiger partial charge in [0.05, 0.1) is 5.70 Å². The van der Waals surface area contributed by atoms with E-state index < -0.39 is 0 Å². The van der Waals surface area contributed by atoms with E-state index in [0.717, 1.165) is 6.54 Å². The highest BCUT2D eigenvalue weighted by atomic mass is 16.1. The zero-order valence-corrected chi connectivity index (χ0v) is 11.3. The van der Waals surface area contributed by atoms with Gasteiger partial charge in [0.1, 0.15) is 11.4 Å². The monoisotopic (exact) mass is 271 g/mol. The minimum absolute atomic E-state index is 0.153. The molecule has 3 rings (SSSR count). The van der Waals surface area contributed by atoms with Gasteiger partial charge in [-0.2, -0.15) is 0 Å². The quantitative estimate of drug-likeness (QED) is 0.909. The van der Waals surface area contributed by atoms with Crippen molar-refractivity contribution in [2.24, 2.45) is 5.92 Å². The Labute approximate surface area is 117 Å². The number of carbonyl (C=O) groups is 2. The fourth-order valence-electron chi connectivity index (χ4n) is 2.85. The normalized spacial score (nSPS) is 19.5. The molecule has 1 N–H and O–H groups in total. The lowest BCUT2D eigenvalue weighted by Crippen LogP contribution is -2.32. The smallest absolute Gasteiger partial charge is 0.229 e. The minimum Gasteiger partial charge on any atom is -0.381 e. The lowest BCUT2D eigenvalue weighted by atomic mass is 9.89. The van der Waals surface area contributed by atoms with Crippen molar-refractivity contribution in [3.8, 4) is 0 Å². The molecule has 104 valence electrons. The van der Waals surface area contributed by atoms with Crippen LogP contribution in [0.15, 0.2) is 24.2 Å². The predicted octanol–water partition coefficient (Wildman–Crippen LogP) is 1.91. The zero-order valence-electron chi connectivity index (χ0n) is 11.3. The summed E-state index contributed by atoms with van der Waals surface area (Å²) in [4.78, 5) is 32.1. The van der Waals surface area contributed by atoms with Crippen molar-refractivity contribution in [3.05, 3.63) is 35.6 Å². The van der Waals surface area contributed by atoms with Crippen LogP contribution in [0.25, 0.3) is 0 Å². The summed E-state index contributed by atoms with van der Waals surface area (Å²) in [5, 5.41) is 3.14. The Morgan fingerprint density at radius 3 is 2.50 bits per heavy atom. The summed E-state index contributed by atoms with van der Waals surface area (Å²) in [6.07, 6.45) is 10.4. The Kier molecular flexibility index (Phi) is 3.58. The van der Waals surface area contributed by atoms with Gasteiger partial charge < -0.3 is 5.32 Å². The molecule has 0 amide bonds. The molecule has 5 heteroatoms. The second-order valence-corrected chi connectivity index (χ2v) is 5.39. The molecule has 0 spiro atoms. The highest BCUT2D eigenvalue weighted by Crippen LogP contribution is 2.23. The molecule has 0 bridgehead atoms. The van der Waals surface area contributed by atoms with Crippen LogP contribution in [0.1, 0.15) is 53.1 Å². The highest BCUT2D eigenvalue weighted by molar-refractivity contribution is 6.22. The second kappa shape index (κ2) is 5.53. The van der Waals surface area contributed by atoms with Crippen LogP contribution in [0, 0.1) is 5.92 Å². The Morgan fingerprint density at radius 1 is 1.05 bits per heavy atom. The standard InChI is InChI=1S/C15H17N3O2/c19-12-8-11(18-9-10-4-2-1-3-5-10)15(20)14-13(12)16-6-7-17-14/h6-8,10,18H,1-5,9H2. The van der Waals surface area contributed by atoms with Gasteiger partial charge in [-0.3, -0.25) is 9.59 Å². The fraction of sp³-hybridized carbons (Fsp3) is 0.467. The minimum atomic E-state index is -0.251. The number of Topliss-reactive ketones (excluding diaryl/α,β-unsaturated/α-hetero) is 1. The molecule has 1 heterocycles. The van der Waals surface area contributed by atoms with Crippen molar-refractivity contribution in [1.82, 2.24) is 15.3 Å². The van der Waals surface area contributed by atoms with Gasteiger partial charge in [-0.25, -0.2) is 9.97 Å². The van der Waals surface area contributed by atoms with Crippen molar-refractivity contribution >= 4 is 11.6 Å². The van der Waals surface area contributed by atoms with Crippen LogP contribution >= 0.6 is 0 Å². The third-order valence-corrected chi connectivity index (χ3v) is 3.97. The van der Waals surface area contributed by atoms with Crippen LogP contribution in [0.5, 0.6) is 0 Å². The van der Waals surface area contributed by atoms with Crippen LogP contribution in [-0.2, 0) is 0 Å². The van der Waals surface area contributed by atoms with E-state index >= 15 is 0 Å². The molecule has 0 saturated heterocycles. The molecule has 1 aromatic rings. The van der Waals surface area contributed by atoms with Gasteiger partial charge in [-0.05, 0) is 18.8 Å². The largest absolute Gasteiger partial charge is 0.381 e. The summed E-state index contributed by atoms with van der Waals surface area (Å²) in [6, 6.07) is 0. The van der Waals surface area contributed by atoms with Crippen LogP contribution in [0.2, 0.25) is 0 Å². The lowest BCUT2D eigenvalue weighted by molar-refractivity contribution is 0.0969. The summed E-state index contributed by atoms with van der Waals surface area (Å²) >= 11 is 0. The SMILES string of the molecule is O=C1C=C(NCC2CCCCC2)C(=O)c2nccnc21. The van der Waals surface area contributed by atoms with Gasteiger partial charge >= 0.3 is 0 Å². The molecule has 1 fully saturated rings. The van der Waals surface area contributed by atoms with Gasteiger partial charge in [-0.1, -0.05) is 19.3 Å². The number of nitrogens with zero attached hydrogens (tertiary/aromatic N) is 2. The first kappa shape index (κ1) is 13.0. The molecule has 20 heavy (non-hydrogen) atoms. The van der Waals surface area contributed by atoms with Gasteiger partial charge in [0.2, 0.25) is 11.6 Å². The van der Waals surface area contributed by atoms with E-state index in [2.05, 4.69) is 15.3 Å². The Bertz CT molecular complexity index is 574. The van der Waals surface area contributed by atoms with E-state index in [-0.39, 0.29) is 23.0 Å². The van der Waals surface area contributed by atoms with Crippen LogP contribution < -0.4 is 5.32 Å². The number of rotatable bonds is 3. The molecule has 0 aromatic carbocycles. The highest BCUT2D eigenvalue weighted by Gasteiger charge is 2.28. The first-order valence-electron chi connectivity index (χ1n) is 7.11. The number of nitrogens with one attached hydrogen (secondary N) is 1. The maximum absolute atomic E-state index is 12.2. The van der Waals surface area contributed by atoms with Crippen molar-refractivity contribution < 1.29 is 9.59 Å². The van der Waals surface area contributed by atoms with Crippen molar-refractivity contribution in [1.29, 1.82) is 0 Å². The van der Waals surface area contributed by atoms with Crippen LogP contribution in [0.4, 0.5) is 0 Å². The Morgan fingerprint density at radius 2 is 1.75 bits per heavy atom.